The molecular formula is C22H25N5O2. The lowest BCUT2D eigenvalue weighted by Gasteiger charge is -2.08. The van der Waals surface area contributed by atoms with E-state index in [0.717, 1.165) is 5.56 Å². The fourth-order valence-corrected chi connectivity index (χ4v) is 2.72. The summed E-state index contributed by atoms with van der Waals surface area (Å²) in [5.41, 5.74) is 9.00. The van der Waals surface area contributed by atoms with Crippen LogP contribution in [-0.2, 0) is 6.54 Å². The van der Waals surface area contributed by atoms with E-state index in [0.29, 0.717) is 41.5 Å². The predicted molar refractivity (Wildman–Crippen MR) is 114 cm³/mol. The second-order valence-corrected chi connectivity index (χ2v) is 7.27. The first-order valence-corrected chi connectivity index (χ1v) is 9.48. The summed E-state index contributed by atoms with van der Waals surface area (Å²) in [5.74, 6) is 0.0397. The zero-order chi connectivity index (χ0) is 20.8. The van der Waals surface area contributed by atoms with E-state index in [1.807, 2.05) is 38.1 Å². The molecule has 0 unspecified atom stereocenters. The highest BCUT2D eigenvalue weighted by molar-refractivity contribution is 6.05. The second kappa shape index (κ2) is 9.05. The van der Waals surface area contributed by atoms with Crippen molar-refractivity contribution in [2.24, 2.45) is 5.92 Å². The van der Waals surface area contributed by atoms with Gasteiger partial charge in [-0.15, -0.1) is 0 Å². The Bertz CT molecular complexity index is 992. The molecule has 1 aromatic heterocycles. The van der Waals surface area contributed by atoms with Crippen LogP contribution in [0.5, 0.6) is 0 Å². The van der Waals surface area contributed by atoms with Crippen molar-refractivity contribution in [2.75, 3.05) is 17.6 Å². The zero-order valence-corrected chi connectivity index (χ0v) is 16.6. The van der Waals surface area contributed by atoms with E-state index in [2.05, 4.69) is 15.7 Å². The molecule has 29 heavy (non-hydrogen) atoms. The van der Waals surface area contributed by atoms with Crippen LogP contribution in [0.15, 0.2) is 60.9 Å². The van der Waals surface area contributed by atoms with Crippen LogP contribution in [0.2, 0.25) is 0 Å². The topological polar surface area (TPSA) is 102 Å². The van der Waals surface area contributed by atoms with Crippen molar-refractivity contribution < 1.29 is 9.59 Å². The molecule has 2 amide bonds. The van der Waals surface area contributed by atoms with Crippen molar-refractivity contribution in [1.82, 2.24) is 15.1 Å². The van der Waals surface area contributed by atoms with Gasteiger partial charge in [-0.05, 0) is 35.7 Å². The zero-order valence-electron chi connectivity index (χ0n) is 16.6. The number of nitrogen functional groups attached to an aromatic ring is 1. The Kier molecular flexibility index (Phi) is 6.29. The molecule has 3 rings (SSSR count). The van der Waals surface area contributed by atoms with Gasteiger partial charge in [0.2, 0.25) is 0 Å². The lowest BCUT2D eigenvalue weighted by atomic mass is 10.1. The van der Waals surface area contributed by atoms with Crippen molar-refractivity contribution in [3.8, 4) is 0 Å². The highest BCUT2D eigenvalue weighted by Crippen LogP contribution is 2.18. The fraction of sp³-hybridized carbons (Fsp3) is 0.227. The van der Waals surface area contributed by atoms with Crippen LogP contribution in [-0.4, -0.2) is 28.1 Å². The van der Waals surface area contributed by atoms with Crippen LogP contribution in [0.4, 0.5) is 11.4 Å². The van der Waals surface area contributed by atoms with E-state index in [1.165, 1.54) is 0 Å². The number of amides is 2. The summed E-state index contributed by atoms with van der Waals surface area (Å²) in [7, 11) is 0. The molecule has 3 aromatic rings. The summed E-state index contributed by atoms with van der Waals surface area (Å²) >= 11 is 0. The third kappa shape index (κ3) is 5.44. The van der Waals surface area contributed by atoms with E-state index in [-0.39, 0.29) is 11.8 Å². The highest BCUT2D eigenvalue weighted by atomic mass is 16.2. The molecule has 2 aromatic carbocycles. The van der Waals surface area contributed by atoms with E-state index >= 15 is 0 Å². The number of benzene rings is 2. The molecule has 7 nitrogen and oxygen atoms in total. The number of anilines is 2. The number of nitrogens with zero attached hydrogens (tertiary/aromatic N) is 2. The first-order chi connectivity index (χ1) is 13.9. The molecule has 0 saturated heterocycles. The van der Waals surface area contributed by atoms with Crippen LogP contribution in [0.3, 0.4) is 0 Å². The normalized spacial score (nSPS) is 10.7. The minimum absolute atomic E-state index is 0.128. The molecule has 0 fully saturated rings. The molecule has 0 aliphatic heterocycles. The summed E-state index contributed by atoms with van der Waals surface area (Å²) in [6, 6.07) is 14.4. The number of carbonyl (C=O) groups excluding carboxylic acids is 2. The van der Waals surface area contributed by atoms with Gasteiger partial charge in [-0.1, -0.05) is 38.1 Å². The summed E-state index contributed by atoms with van der Waals surface area (Å²) in [6.45, 7) is 5.22. The Morgan fingerprint density at radius 3 is 2.45 bits per heavy atom. The number of nitrogens with one attached hydrogen (secondary N) is 2. The van der Waals surface area contributed by atoms with Gasteiger partial charge in [0, 0.05) is 18.3 Å². The van der Waals surface area contributed by atoms with Gasteiger partial charge in [0.15, 0.2) is 0 Å². The Balaban J connectivity index is 1.60. The molecule has 0 saturated carbocycles. The first kappa shape index (κ1) is 20.1. The van der Waals surface area contributed by atoms with Crippen LogP contribution < -0.4 is 16.4 Å². The van der Waals surface area contributed by atoms with E-state index in [1.54, 1.807) is 41.3 Å². The number of hydrogen-bond acceptors (Lipinski definition) is 4. The number of para-hydroxylation sites is 2. The van der Waals surface area contributed by atoms with Crippen molar-refractivity contribution >= 4 is 23.2 Å². The largest absolute Gasteiger partial charge is 0.397 e. The molecule has 0 spiro atoms. The average Bonchev–Trinajstić information content (AvgIpc) is 3.17. The van der Waals surface area contributed by atoms with Crippen molar-refractivity contribution in [3.63, 3.8) is 0 Å². The standard InChI is InChI=1S/C22H25N5O2/c1-15(2)11-24-21(28)18-12-25-27(14-18)13-16-7-9-17(10-8-16)22(29)26-20-6-4-3-5-19(20)23/h3-10,12,14-15H,11,13,23H2,1-2H3,(H,24,28)(H,26,29). The maximum atomic E-state index is 12.4. The molecule has 0 aliphatic rings. The van der Waals surface area contributed by atoms with Crippen molar-refractivity contribution in [3.05, 3.63) is 77.6 Å². The molecule has 4 N–H and O–H groups in total. The SMILES string of the molecule is CC(C)CNC(=O)c1cnn(Cc2ccc(C(=O)Nc3ccccc3N)cc2)c1. The van der Waals surface area contributed by atoms with Crippen molar-refractivity contribution in [1.29, 1.82) is 0 Å². The molecule has 0 atom stereocenters. The monoisotopic (exact) mass is 391 g/mol. The first-order valence-electron chi connectivity index (χ1n) is 9.48. The minimum Gasteiger partial charge on any atom is -0.397 e. The Morgan fingerprint density at radius 2 is 1.76 bits per heavy atom. The van der Waals surface area contributed by atoms with E-state index < -0.39 is 0 Å². The maximum Gasteiger partial charge on any atom is 0.255 e. The summed E-state index contributed by atoms with van der Waals surface area (Å²) in [6.07, 6.45) is 3.27. The minimum atomic E-state index is -0.224. The molecule has 0 bridgehead atoms. The lowest BCUT2D eigenvalue weighted by molar-refractivity contribution is 0.0948. The van der Waals surface area contributed by atoms with Crippen LogP contribution >= 0.6 is 0 Å². The molecule has 0 aliphatic carbocycles. The van der Waals surface area contributed by atoms with Gasteiger partial charge in [0.05, 0.1) is 29.7 Å². The number of carbonyl (C=O) groups is 2. The second-order valence-electron chi connectivity index (χ2n) is 7.27. The van der Waals surface area contributed by atoms with Gasteiger partial charge in [0.1, 0.15) is 0 Å². The molecular weight excluding hydrogens is 366 g/mol. The van der Waals surface area contributed by atoms with Gasteiger partial charge in [-0.3, -0.25) is 14.3 Å². The fourth-order valence-electron chi connectivity index (χ4n) is 2.72. The molecule has 7 heteroatoms. The van der Waals surface area contributed by atoms with E-state index in [4.69, 9.17) is 5.73 Å². The number of nitrogens with two attached hydrogens (primary N) is 1. The third-order valence-electron chi connectivity index (χ3n) is 4.34. The van der Waals surface area contributed by atoms with Crippen molar-refractivity contribution in [2.45, 2.75) is 20.4 Å². The molecule has 1 heterocycles. The number of rotatable bonds is 7. The lowest BCUT2D eigenvalue weighted by Crippen LogP contribution is -2.26. The summed E-state index contributed by atoms with van der Waals surface area (Å²) < 4.78 is 1.70. The van der Waals surface area contributed by atoms with Crippen LogP contribution in [0.1, 0.15) is 40.1 Å². The average molecular weight is 391 g/mol. The third-order valence-corrected chi connectivity index (χ3v) is 4.34. The predicted octanol–water partition coefficient (Wildman–Crippen LogP) is 3.15. The Morgan fingerprint density at radius 1 is 1.03 bits per heavy atom. The molecule has 150 valence electrons. The number of aromatic nitrogens is 2. The smallest absolute Gasteiger partial charge is 0.255 e. The highest BCUT2D eigenvalue weighted by Gasteiger charge is 2.10. The van der Waals surface area contributed by atoms with Gasteiger partial charge in [0.25, 0.3) is 11.8 Å². The Hall–Kier alpha value is -3.61. The van der Waals surface area contributed by atoms with E-state index in [9.17, 15) is 9.59 Å². The summed E-state index contributed by atoms with van der Waals surface area (Å²) in [4.78, 5) is 24.5. The van der Waals surface area contributed by atoms with Gasteiger partial charge >= 0.3 is 0 Å². The quantitative estimate of drug-likeness (QED) is 0.538. The maximum absolute atomic E-state index is 12.4. The number of hydrogen-bond donors (Lipinski definition) is 3. The van der Waals surface area contributed by atoms with Gasteiger partial charge in [-0.2, -0.15) is 5.10 Å². The van der Waals surface area contributed by atoms with Crippen LogP contribution in [0, 0.1) is 5.92 Å². The Labute approximate surface area is 169 Å². The molecule has 0 radical (unpaired) electrons. The van der Waals surface area contributed by atoms with Crippen LogP contribution in [0.25, 0.3) is 0 Å². The van der Waals surface area contributed by atoms with Gasteiger partial charge < -0.3 is 16.4 Å². The van der Waals surface area contributed by atoms with Gasteiger partial charge in [-0.25, -0.2) is 0 Å². The summed E-state index contributed by atoms with van der Waals surface area (Å²) in [5, 5.41) is 9.92.